The van der Waals surface area contributed by atoms with Gasteiger partial charge in [0, 0.05) is 28.8 Å². The quantitative estimate of drug-likeness (QED) is 0.448. The molecule has 0 fully saturated rings. The summed E-state index contributed by atoms with van der Waals surface area (Å²) in [5, 5.41) is 8.92. The van der Waals surface area contributed by atoms with Crippen molar-refractivity contribution in [3.8, 4) is 17.3 Å². The molecule has 27 heavy (non-hydrogen) atoms. The van der Waals surface area contributed by atoms with E-state index in [9.17, 15) is 0 Å². The Morgan fingerprint density at radius 1 is 0.630 bits per heavy atom. The molecule has 4 rings (SSSR count). The second-order valence-electron chi connectivity index (χ2n) is 6.10. The number of benzene rings is 3. The van der Waals surface area contributed by atoms with Gasteiger partial charge >= 0.3 is 0 Å². The summed E-state index contributed by atoms with van der Waals surface area (Å²) in [5.74, 6) is 0. The van der Waals surface area contributed by atoms with Crippen molar-refractivity contribution in [3.63, 3.8) is 0 Å². The summed E-state index contributed by atoms with van der Waals surface area (Å²) >= 11 is 0. The van der Waals surface area contributed by atoms with Gasteiger partial charge in [-0.15, -0.1) is 0 Å². The van der Waals surface area contributed by atoms with E-state index in [4.69, 9.17) is 5.26 Å². The van der Waals surface area contributed by atoms with Crippen LogP contribution in [0.15, 0.2) is 103 Å². The standard InChI is InChI=1S/C24H17N3/c25-17-19-11-16-24(26-18-19)20-12-14-23(15-13-20)27(21-7-3-1-4-8-21)22-9-5-2-6-10-22/h1-16,18H. The summed E-state index contributed by atoms with van der Waals surface area (Å²) < 4.78 is 0. The van der Waals surface area contributed by atoms with Crippen LogP contribution in [0.2, 0.25) is 0 Å². The fourth-order valence-corrected chi connectivity index (χ4v) is 3.01. The summed E-state index contributed by atoms with van der Waals surface area (Å²) in [7, 11) is 0. The van der Waals surface area contributed by atoms with Gasteiger partial charge in [0.1, 0.15) is 6.07 Å². The van der Waals surface area contributed by atoms with Gasteiger partial charge in [0.25, 0.3) is 0 Å². The number of anilines is 3. The van der Waals surface area contributed by atoms with E-state index < -0.39 is 0 Å². The van der Waals surface area contributed by atoms with Crippen LogP contribution in [0.1, 0.15) is 5.56 Å². The van der Waals surface area contributed by atoms with E-state index in [0.29, 0.717) is 5.56 Å². The maximum atomic E-state index is 8.92. The van der Waals surface area contributed by atoms with Crippen molar-refractivity contribution in [3.05, 3.63) is 109 Å². The van der Waals surface area contributed by atoms with Crippen molar-refractivity contribution in [2.45, 2.75) is 0 Å². The fourth-order valence-electron chi connectivity index (χ4n) is 3.01. The summed E-state index contributed by atoms with van der Waals surface area (Å²) in [6.07, 6.45) is 1.60. The normalized spacial score (nSPS) is 10.2. The molecule has 1 heterocycles. The van der Waals surface area contributed by atoms with E-state index in [2.05, 4.69) is 64.5 Å². The minimum absolute atomic E-state index is 0.565. The number of hydrogen-bond acceptors (Lipinski definition) is 3. The zero-order chi connectivity index (χ0) is 18.5. The van der Waals surface area contributed by atoms with E-state index in [0.717, 1.165) is 28.3 Å². The van der Waals surface area contributed by atoms with Crippen LogP contribution in [0.5, 0.6) is 0 Å². The molecule has 0 atom stereocenters. The first-order valence-electron chi connectivity index (χ1n) is 8.72. The fraction of sp³-hybridized carbons (Fsp3) is 0. The third-order valence-corrected chi connectivity index (χ3v) is 4.34. The molecule has 0 unspecified atom stereocenters. The third-order valence-electron chi connectivity index (χ3n) is 4.34. The highest BCUT2D eigenvalue weighted by Gasteiger charge is 2.11. The summed E-state index contributed by atoms with van der Waals surface area (Å²) in [6.45, 7) is 0. The lowest BCUT2D eigenvalue weighted by Gasteiger charge is -2.25. The molecule has 0 bridgehead atoms. The molecule has 0 N–H and O–H groups in total. The van der Waals surface area contributed by atoms with Crippen LogP contribution < -0.4 is 4.90 Å². The predicted octanol–water partition coefficient (Wildman–Crippen LogP) is 6.09. The van der Waals surface area contributed by atoms with Gasteiger partial charge in [0.05, 0.1) is 11.3 Å². The van der Waals surface area contributed by atoms with Gasteiger partial charge in [0.15, 0.2) is 0 Å². The van der Waals surface area contributed by atoms with Crippen LogP contribution in [0, 0.1) is 11.3 Å². The zero-order valence-corrected chi connectivity index (χ0v) is 14.7. The molecular formula is C24H17N3. The van der Waals surface area contributed by atoms with Crippen LogP contribution in [0.25, 0.3) is 11.3 Å². The van der Waals surface area contributed by atoms with E-state index in [1.54, 1.807) is 12.3 Å². The van der Waals surface area contributed by atoms with Gasteiger partial charge in [-0.1, -0.05) is 48.5 Å². The highest BCUT2D eigenvalue weighted by molar-refractivity contribution is 5.77. The molecule has 0 spiro atoms. The minimum atomic E-state index is 0.565. The molecule has 0 aliphatic rings. The topological polar surface area (TPSA) is 39.9 Å². The molecule has 3 aromatic carbocycles. The van der Waals surface area contributed by atoms with Gasteiger partial charge in [-0.3, -0.25) is 4.98 Å². The second-order valence-corrected chi connectivity index (χ2v) is 6.10. The molecule has 0 radical (unpaired) electrons. The Morgan fingerprint density at radius 3 is 1.67 bits per heavy atom. The molecular weight excluding hydrogens is 330 g/mol. The first-order valence-corrected chi connectivity index (χ1v) is 8.72. The number of hydrogen-bond donors (Lipinski definition) is 0. The number of rotatable bonds is 4. The average Bonchev–Trinajstić information content (AvgIpc) is 2.76. The smallest absolute Gasteiger partial charge is 0.101 e. The number of pyridine rings is 1. The van der Waals surface area contributed by atoms with Gasteiger partial charge in [-0.05, 0) is 48.5 Å². The van der Waals surface area contributed by atoms with Crippen LogP contribution in [0.4, 0.5) is 17.1 Å². The van der Waals surface area contributed by atoms with Crippen molar-refractivity contribution in [2.75, 3.05) is 4.90 Å². The Hall–Kier alpha value is -3.90. The number of para-hydroxylation sites is 2. The SMILES string of the molecule is N#Cc1ccc(-c2ccc(N(c3ccccc3)c3ccccc3)cc2)nc1. The molecule has 128 valence electrons. The van der Waals surface area contributed by atoms with Crippen molar-refractivity contribution < 1.29 is 0 Å². The molecule has 0 aliphatic heterocycles. The Bertz CT molecular complexity index is 1010. The number of aromatic nitrogens is 1. The van der Waals surface area contributed by atoms with E-state index >= 15 is 0 Å². The molecule has 3 heteroatoms. The molecule has 4 aromatic rings. The first kappa shape index (κ1) is 16.6. The lowest BCUT2D eigenvalue weighted by Crippen LogP contribution is -2.09. The van der Waals surface area contributed by atoms with Crippen molar-refractivity contribution in [1.82, 2.24) is 4.98 Å². The largest absolute Gasteiger partial charge is 0.311 e. The maximum Gasteiger partial charge on any atom is 0.101 e. The lowest BCUT2D eigenvalue weighted by atomic mass is 10.1. The van der Waals surface area contributed by atoms with Crippen molar-refractivity contribution in [1.29, 1.82) is 5.26 Å². The molecule has 0 aliphatic carbocycles. The minimum Gasteiger partial charge on any atom is -0.311 e. The zero-order valence-electron chi connectivity index (χ0n) is 14.7. The Kier molecular flexibility index (Phi) is 4.63. The average molecular weight is 347 g/mol. The lowest BCUT2D eigenvalue weighted by molar-refractivity contribution is 1.27. The van der Waals surface area contributed by atoms with Crippen molar-refractivity contribution in [2.24, 2.45) is 0 Å². The van der Waals surface area contributed by atoms with Gasteiger partial charge < -0.3 is 4.90 Å². The highest BCUT2D eigenvalue weighted by Crippen LogP contribution is 2.34. The molecule has 0 saturated heterocycles. The van der Waals surface area contributed by atoms with Crippen LogP contribution in [-0.4, -0.2) is 4.98 Å². The van der Waals surface area contributed by atoms with Gasteiger partial charge in [-0.25, -0.2) is 0 Å². The molecule has 1 aromatic heterocycles. The van der Waals surface area contributed by atoms with Gasteiger partial charge in [0.2, 0.25) is 0 Å². The van der Waals surface area contributed by atoms with Crippen LogP contribution in [-0.2, 0) is 0 Å². The van der Waals surface area contributed by atoms with E-state index in [1.807, 2.05) is 42.5 Å². The van der Waals surface area contributed by atoms with Gasteiger partial charge in [-0.2, -0.15) is 5.26 Å². The molecule has 3 nitrogen and oxygen atoms in total. The Balaban J connectivity index is 1.72. The monoisotopic (exact) mass is 347 g/mol. The Labute approximate surface area is 158 Å². The van der Waals surface area contributed by atoms with Crippen molar-refractivity contribution >= 4 is 17.1 Å². The first-order chi connectivity index (χ1) is 13.3. The highest BCUT2D eigenvalue weighted by atomic mass is 15.1. The number of nitrogens with zero attached hydrogens (tertiary/aromatic N) is 3. The van der Waals surface area contributed by atoms with E-state index in [1.165, 1.54) is 0 Å². The third kappa shape index (κ3) is 3.56. The molecule has 0 saturated carbocycles. The summed E-state index contributed by atoms with van der Waals surface area (Å²) in [4.78, 5) is 6.59. The maximum absolute atomic E-state index is 8.92. The van der Waals surface area contributed by atoms with Crippen LogP contribution >= 0.6 is 0 Å². The molecule has 0 amide bonds. The summed E-state index contributed by atoms with van der Waals surface area (Å²) in [6, 6.07) is 34.7. The number of nitriles is 1. The Morgan fingerprint density at radius 2 is 1.19 bits per heavy atom. The van der Waals surface area contributed by atoms with E-state index in [-0.39, 0.29) is 0 Å². The predicted molar refractivity (Wildman–Crippen MR) is 109 cm³/mol. The second kappa shape index (κ2) is 7.55. The van der Waals surface area contributed by atoms with Crippen LogP contribution in [0.3, 0.4) is 0 Å². The summed E-state index contributed by atoms with van der Waals surface area (Å²) in [5.41, 5.74) is 5.72.